The minimum absolute atomic E-state index is 0.00861. The number of carbonyl (C=O) groups is 3. The summed E-state index contributed by atoms with van der Waals surface area (Å²) in [5.41, 5.74) is -0.501. The predicted molar refractivity (Wildman–Crippen MR) is 145 cm³/mol. The zero-order valence-corrected chi connectivity index (χ0v) is 23.0. The minimum atomic E-state index is -1.12. The van der Waals surface area contributed by atoms with Gasteiger partial charge in [-0.15, -0.1) is 0 Å². The topological polar surface area (TPSA) is 87.7 Å². The van der Waals surface area contributed by atoms with Crippen LogP contribution < -0.4 is 10.6 Å². The molecule has 3 heterocycles. The van der Waals surface area contributed by atoms with Gasteiger partial charge in [-0.1, -0.05) is 69.7 Å². The van der Waals surface area contributed by atoms with Crippen molar-refractivity contribution in [2.45, 2.75) is 95.0 Å². The maximum Gasteiger partial charge on any atom is 0.246 e. The molecule has 0 radical (unpaired) electrons. The highest BCUT2D eigenvalue weighted by Crippen LogP contribution is 2.56. The van der Waals surface area contributed by atoms with E-state index in [2.05, 4.69) is 24.5 Å². The Bertz CT molecular complexity index is 1130. The van der Waals surface area contributed by atoms with Crippen LogP contribution in [0.4, 0.5) is 5.69 Å². The fourth-order valence-electron chi connectivity index (χ4n) is 7.77. The van der Waals surface area contributed by atoms with Gasteiger partial charge in [0, 0.05) is 22.8 Å². The lowest BCUT2D eigenvalue weighted by atomic mass is 9.73. The van der Waals surface area contributed by atoms with Crippen LogP contribution >= 0.6 is 11.6 Å². The van der Waals surface area contributed by atoms with Gasteiger partial charge in [-0.2, -0.15) is 0 Å². The van der Waals surface area contributed by atoms with Gasteiger partial charge in [0.15, 0.2) is 0 Å². The van der Waals surface area contributed by atoms with Crippen LogP contribution in [0.2, 0.25) is 5.02 Å². The Morgan fingerprint density at radius 2 is 1.74 bits per heavy atom. The summed E-state index contributed by atoms with van der Waals surface area (Å²) in [6.45, 7) is 4.46. The zero-order valence-electron chi connectivity index (χ0n) is 22.2. The van der Waals surface area contributed by atoms with Crippen molar-refractivity contribution in [3.8, 4) is 0 Å². The molecule has 1 aromatic carbocycles. The van der Waals surface area contributed by atoms with Gasteiger partial charge < -0.3 is 20.3 Å². The van der Waals surface area contributed by atoms with Crippen LogP contribution in [0, 0.1) is 23.7 Å². The van der Waals surface area contributed by atoms with E-state index < -0.39 is 29.6 Å². The monoisotopic (exact) mass is 539 g/mol. The zero-order chi connectivity index (χ0) is 26.6. The molecule has 2 aliphatic carbocycles. The fourth-order valence-corrected chi connectivity index (χ4v) is 7.89. The van der Waals surface area contributed by atoms with Gasteiger partial charge in [0.2, 0.25) is 17.7 Å². The Morgan fingerprint density at radius 3 is 2.47 bits per heavy atom. The summed E-state index contributed by atoms with van der Waals surface area (Å²) in [5, 5.41) is 6.89. The molecule has 1 spiro atoms. The number of nitrogens with one attached hydrogen (secondary N) is 2. The van der Waals surface area contributed by atoms with Crippen LogP contribution in [-0.4, -0.2) is 52.5 Å². The molecule has 4 fully saturated rings. The van der Waals surface area contributed by atoms with E-state index in [4.69, 9.17) is 16.3 Å². The van der Waals surface area contributed by atoms with Crippen molar-refractivity contribution in [1.82, 2.24) is 10.2 Å². The highest BCUT2D eigenvalue weighted by molar-refractivity contribution is 6.30. The number of halogens is 1. The molecule has 7 nitrogen and oxygen atoms in total. The Kier molecular flexibility index (Phi) is 6.79. The summed E-state index contributed by atoms with van der Waals surface area (Å²) in [5.74, 6) is -1.02. The second-order valence-corrected chi connectivity index (χ2v) is 12.6. The molecular formula is C30H38ClN3O4. The van der Waals surface area contributed by atoms with E-state index in [0.717, 1.165) is 44.9 Å². The number of hydrogen-bond donors (Lipinski definition) is 2. The first kappa shape index (κ1) is 25.9. The third-order valence-corrected chi connectivity index (χ3v) is 10.2. The number of hydrogen-bond acceptors (Lipinski definition) is 4. The molecule has 8 heteroatoms. The van der Waals surface area contributed by atoms with E-state index in [0.29, 0.717) is 22.5 Å². The third kappa shape index (κ3) is 4.17. The van der Waals surface area contributed by atoms with Crippen LogP contribution in [-0.2, 0) is 19.1 Å². The number of carbonyl (C=O) groups excluding carboxylic acids is 3. The van der Waals surface area contributed by atoms with Crippen LogP contribution in [0.3, 0.4) is 0 Å². The molecule has 38 heavy (non-hydrogen) atoms. The molecule has 6 rings (SSSR count). The SMILES string of the molecule is C[C@H]1[C@H](C)CCC[C@@H]1NC(=O)[C@@H]1N(C2CCCCC2)C(=O)[C@H]2[C@@H](C(=O)Nc3ccc(Cl)cc3)[C@H]3C=C[C@@]12O3. The van der Waals surface area contributed by atoms with E-state index in [1.165, 1.54) is 6.42 Å². The maximum absolute atomic E-state index is 14.2. The molecule has 2 N–H and O–H groups in total. The molecule has 1 aromatic rings. The van der Waals surface area contributed by atoms with Crippen molar-refractivity contribution in [2.75, 3.05) is 5.32 Å². The Hall–Kier alpha value is -2.38. The summed E-state index contributed by atoms with van der Waals surface area (Å²) < 4.78 is 6.52. The lowest BCUT2D eigenvalue weighted by Gasteiger charge is -2.40. The summed E-state index contributed by atoms with van der Waals surface area (Å²) in [4.78, 5) is 43.8. The number of anilines is 1. The Labute approximate surface area is 229 Å². The molecular weight excluding hydrogens is 502 g/mol. The van der Waals surface area contributed by atoms with E-state index in [1.54, 1.807) is 24.3 Å². The van der Waals surface area contributed by atoms with Gasteiger partial charge in [0.1, 0.15) is 11.6 Å². The van der Waals surface area contributed by atoms with E-state index in [9.17, 15) is 14.4 Å². The van der Waals surface area contributed by atoms with Crippen molar-refractivity contribution >= 4 is 35.0 Å². The second kappa shape index (κ2) is 9.98. The van der Waals surface area contributed by atoms with Crippen molar-refractivity contribution in [1.29, 1.82) is 0 Å². The van der Waals surface area contributed by atoms with Crippen molar-refractivity contribution in [2.24, 2.45) is 23.7 Å². The van der Waals surface area contributed by atoms with E-state index in [1.807, 2.05) is 17.1 Å². The van der Waals surface area contributed by atoms with Crippen molar-refractivity contribution < 1.29 is 19.1 Å². The van der Waals surface area contributed by atoms with Crippen molar-refractivity contribution in [3.05, 3.63) is 41.4 Å². The number of fused-ring (bicyclic) bond motifs is 1. The summed E-state index contributed by atoms with van der Waals surface area (Å²) in [6, 6.07) is 6.23. The minimum Gasteiger partial charge on any atom is -0.359 e. The van der Waals surface area contributed by atoms with Gasteiger partial charge in [-0.3, -0.25) is 14.4 Å². The molecule has 204 valence electrons. The number of benzene rings is 1. The van der Waals surface area contributed by atoms with Crippen molar-refractivity contribution in [3.63, 3.8) is 0 Å². The lowest BCUT2D eigenvalue weighted by Crippen LogP contribution is -2.59. The smallest absolute Gasteiger partial charge is 0.246 e. The van der Waals surface area contributed by atoms with Crippen LogP contribution in [0.25, 0.3) is 0 Å². The van der Waals surface area contributed by atoms with Gasteiger partial charge in [0.05, 0.1) is 17.9 Å². The number of ether oxygens (including phenoxy) is 1. The average Bonchev–Trinajstić information content (AvgIpc) is 3.56. The first-order valence-electron chi connectivity index (χ1n) is 14.4. The summed E-state index contributed by atoms with van der Waals surface area (Å²) in [6.07, 6.45) is 11.4. The third-order valence-electron chi connectivity index (χ3n) is 9.98. The summed E-state index contributed by atoms with van der Waals surface area (Å²) in [7, 11) is 0. The Balaban J connectivity index is 1.31. The number of nitrogens with zero attached hydrogens (tertiary/aromatic N) is 1. The molecule has 0 aromatic heterocycles. The normalized spacial score (nSPS) is 38.3. The lowest BCUT2D eigenvalue weighted by molar-refractivity contribution is -0.145. The second-order valence-electron chi connectivity index (χ2n) is 12.1. The molecule has 5 aliphatic rings. The molecule has 3 amide bonds. The van der Waals surface area contributed by atoms with Crippen LogP contribution in [0.5, 0.6) is 0 Å². The molecule has 3 aliphatic heterocycles. The van der Waals surface area contributed by atoms with Gasteiger partial charge in [-0.25, -0.2) is 0 Å². The molecule has 8 atom stereocenters. The maximum atomic E-state index is 14.2. The number of likely N-dealkylation sites (tertiary alicyclic amines) is 1. The molecule has 2 saturated heterocycles. The molecule has 2 saturated carbocycles. The van der Waals surface area contributed by atoms with E-state index >= 15 is 0 Å². The largest absolute Gasteiger partial charge is 0.359 e. The first-order valence-corrected chi connectivity index (χ1v) is 14.7. The fraction of sp³-hybridized carbons (Fsp3) is 0.633. The highest BCUT2D eigenvalue weighted by atomic mass is 35.5. The van der Waals surface area contributed by atoms with Gasteiger partial charge in [0.25, 0.3) is 0 Å². The number of rotatable bonds is 5. The van der Waals surface area contributed by atoms with Crippen LogP contribution in [0.15, 0.2) is 36.4 Å². The molecule has 2 bridgehead atoms. The van der Waals surface area contributed by atoms with E-state index in [-0.39, 0.29) is 29.8 Å². The first-order chi connectivity index (χ1) is 18.3. The number of amides is 3. The van der Waals surface area contributed by atoms with Gasteiger partial charge >= 0.3 is 0 Å². The van der Waals surface area contributed by atoms with Crippen LogP contribution in [0.1, 0.15) is 65.2 Å². The summed E-state index contributed by atoms with van der Waals surface area (Å²) >= 11 is 6.01. The van der Waals surface area contributed by atoms with Gasteiger partial charge in [-0.05, 0) is 55.4 Å². The quantitative estimate of drug-likeness (QED) is 0.531. The Morgan fingerprint density at radius 1 is 1.00 bits per heavy atom. The predicted octanol–water partition coefficient (Wildman–Crippen LogP) is 4.70. The standard InChI is InChI=1S/C30H38ClN3O4/c1-17-7-6-10-22(18(17)2)33-28(36)26-30-16-15-23(38-30)24(27(35)32-20-13-11-19(31)12-14-20)25(30)29(37)34(26)21-8-4-3-5-9-21/h11-18,21-26H,3-10H2,1-2H3,(H,32,35)(H,33,36)/t17-,18+,22+,23-,24+,25-,26+,30+/m1/s1. The average molecular weight is 540 g/mol. The molecule has 0 unspecified atom stereocenters. The highest BCUT2D eigenvalue weighted by Gasteiger charge is 2.73.